The van der Waals surface area contributed by atoms with E-state index in [9.17, 15) is 22.8 Å². The maximum Gasteiger partial charge on any atom is 0.416 e. The summed E-state index contributed by atoms with van der Waals surface area (Å²) in [5.41, 5.74) is -0.325. The Hall–Kier alpha value is -1.90. The molecule has 2 amide bonds. The zero-order valence-electron chi connectivity index (χ0n) is 16.7. The smallest absolute Gasteiger partial charge is 0.348 e. The lowest BCUT2D eigenvalue weighted by atomic mass is 10.0. The van der Waals surface area contributed by atoms with Crippen molar-refractivity contribution in [2.24, 2.45) is 0 Å². The van der Waals surface area contributed by atoms with E-state index in [4.69, 9.17) is 23.2 Å². The second kappa shape index (κ2) is 11.1. The van der Waals surface area contributed by atoms with Crippen LogP contribution < -0.4 is 10.6 Å². The number of benzene rings is 2. The fourth-order valence-electron chi connectivity index (χ4n) is 2.80. The lowest BCUT2D eigenvalue weighted by Gasteiger charge is -2.22. The fraction of sp³-hybridized carbons (Fsp3) is 0.333. The molecule has 2 aromatic rings. The van der Waals surface area contributed by atoms with E-state index < -0.39 is 35.6 Å². The minimum absolute atomic E-state index is 0.145. The molecule has 0 aliphatic heterocycles. The van der Waals surface area contributed by atoms with Crippen molar-refractivity contribution in [2.45, 2.75) is 31.6 Å². The van der Waals surface area contributed by atoms with Crippen molar-refractivity contribution in [3.05, 3.63) is 69.2 Å². The second-order valence-electron chi connectivity index (χ2n) is 6.79. The molecule has 0 radical (unpaired) electrons. The molecule has 0 heterocycles. The summed E-state index contributed by atoms with van der Waals surface area (Å²) in [7, 11) is 0. The van der Waals surface area contributed by atoms with Gasteiger partial charge in [0, 0.05) is 5.02 Å². The molecule has 10 heteroatoms. The van der Waals surface area contributed by atoms with Gasteiger partial charge < -0.3 is 10.6 Å². The monoisotopic (exact) mass is 492 g/mol. The number of amides is 2. The summed E-state index contributed by atoms with van der Waals surface area (Å²) in [6, 6.07) is 7.56. The van der Waals surface area contributed by atoms with Crippen LogP contribution in [0.4, 0.5) is 13.2 Å². The predicted octanol–water partition coefficient (Wildman–Crippen LogP) is 5.74. The first-order valence-electron chi connectivity index (χ1n) is 9.25. The van der Waals surface area contributed by atoms with Gasteiger partial charge in [-0.3, -0.25) is 9.59 Å². The Labute approximate surface area is 192 Å². The van der Waals surface area contributed by atoms with Gasteiger partial charge in [-0.2, -0.15) is 24.9 Å². The molecule has 2 N–H and O–H groups in total. The molecule has 0 aliphatic carbocycles. The van der Waals surface area contributed by atoms with Gasteiger partial charge in [0.2, 0.25) is 5.91 Å². The molecule has 168 valence electrons. The first-order chi connectivity index (χ1) is 14.5. The number of halogens is 5. The molecule has 31 heavy (non-hydrogen) atoms. The van der Waals surface area contributed by atoms with Gasteiger partial charge in [0.25, 0.3) is 5.91 Å². The highest BCUT2D eigenvalue weighted by atomic mass is 35.5. The Morgan fingerprint density at radius 1 is 1.10 bits per heavy atom. The van der Waals surface area contributed by atoms with Gasteiger partial charge in [-0.25, -0.2) is 0 Å². The SMILES string of the molecule is CSCCC(NC(=O)c1ccc(Cl)cc1Cl)C(=O)NC(C)c1cccc(C(F)(F)F)c1. The number of nitrogens with one attached hydrogen (secondary N) is 2. The molecule has 0 aromatic heterocycles. The van der Waals surface area contributed by atoms with E-state index in [0.717, 1.165) is 12.1 Å². The average Bonchev–Trinajstić information content (AvgIpc) is 2.70. The van der Waals surface area contributed by atoms with E-state index in [2.05, 4.69) is 10.6 Å². The van der Waals surface area contributed by atoms with Crippen molar-refractivity contribution >= 4 is 46.8 Å². The third-order valence-corrected chi connectivity index (χ3v) is 5.67. The number of alkyl halides is 3. The first-order valence-corrected chi connectivity index (χ1v) is 11.4. The Morgan fingerprint density at radius 3 is 2.42 bits per heavy atom. The predicted molar refractivity (Wildman–Crippen MR) is 119 cm³/mol. The lowest BCUT2D eigenvalue weighted by molar-refractivity contribution is -0.137. The quantitative estimate of drug-likeness (QED) is 0.493. The zero-order chi connectivity index (χ0) is 23.2. The van der Waals surface area contributed by atoms with Crippen molar-refractivity contribution in [2.75, 3.05) is 12.0 Å². The van der Waals surface area contributed by atoms with Crippen LogP contribution in [0, 0.1) is 0 Å². The molecule has 0 spiro atoms. The Morgan fingerprint density at radius 2 is 1.81 bits per heavy atom. The first kappa shape index (κ1) is 25.4. The number of hydrogen-bond acceptors (Lipinski definition) is 3. The van der Waals surface area contributed by atoms with Gasteiger partial charge in [0.05, 0.1) is 22.2 Å². The van der Waals surface area contributed by atoms with Gasteiger partial charge in [-0.1, -0.05) is 35.3 Å². The fourth-order valence-corrected chi connectivity index (χ4v) is 3.76. The van der Waals surface area contributed by atoms with Crippen LogP contribution in [0.15, 0.2) is 42.5 Å². The zero-order valence-corrected chi connectivity index (χ0v) is 19.1. The highest BCUT2D eigenvalue weighted by molar-refractivity contribution is 7.98. The standard InChI is InChI=1S/C21H21Cl2F3N2O2S/c1-12(13-4-3-5-14(10-13)21(24,25)26)27-20(30)18(8-9-31-2)28-19(29)16-7-6-15(22)11-17(16)23/h3-7,10-12,18H,8-9H2,1-2H3,(H,27,30)(H,28,29). The molecular formula is C21H21Cl2F3N2O2S. The summed E-state index contributed by atoms with van der Waals surface area (Å²) in [6.45, 7) is 1.58. The van der Waals surface area contributed by atoms with E-state index in [1.54, 1.807) is 6.92 Å². The van der Waals surface area contributed by atoms with Crippen molar-refractivity contribution < 1.29 is 22.8 Å². The molecular weight excluding hydrogens is 472 g/mol. The molecule has 2 aromatic carbocycles. The molecule has 0 saturated heterocycles. The minimum Gasteiger partial charge on any atom is -0.348 e. The van der Waals surface area contributed by atoms with Gasteiger partial charge in [-0.15, -0.1) is 0 Å². The van der Waals surface area contributed by atoms with Crippen LogP contribution in [-0.4, -0.2) is 29.9 Å². The molecule has 2 atom stereocenters. The number of hydrogen-bond donors (Lipinski definition) is 2. The van der Waals surface area contributed by atoms with E-state index in [1.807, 2.05) is 6.26 Å². The average molecular weight is 493 g/mol. The number of rotatable bonds is 8. The maximum absolute atomic E-state index is 13.0. The molecule has 2 unspecified atom stereocenters. The lowest BCUT2D eigenvalue weighted by Crippen LogP contribution is -2.47. The Balaban J connectivity index is 2.14. The van der Waals surface area contributed by atoms with Gasteiger partial charge in [-0.05, 0) is 61.2 Å². The summed E-state index contributed by atoms with van der Waals surface area (Å²) in [4.78, 5) is 25.4. The van der Waals surface area contributed by atoms with Crippen LogP contribution >= 0.6 is 35.0 Å². The summed E-state index contributed by atoms with van der Waals surface area (Å²) < 4.78 is 38.9. The summed E-state index contributed by atoms with van der Waals surface area (Å²) >= 11 is 13.4. The summed E-state index contributed by atoms with van der Waals surface area (Å²) in [5.74, 6) is -0.461. The summed E-state index contributed by atoms with van der Waals surface area (Å²) in [6.07, 6.45) is -2.29. The highest BCUT2D eigenvalue weighted by Crippen LogP contribution is 2.30. The number of carbonyl (C=O) groups excluding carboxylic acids is 2. The maximum atomic E-state index is 13.0. The molecule has 0 bridgehead atoms. The number of thioether (sulfide) groups is 1. The van der Waals surface area contributed by atoms with Crippen molar-refractivity contribution in [1.29, 1.82) is 0 Å². The molecule has 2 rings (SSSR count). The largest absolute Gasteiger partial charge is 0.416 e. The van der Waals surface area contributed by atoms with Crippen LogP contribution in [0.1, 0.15) is 40.9 Å². The van der Waals surface area contributed by atoms with Gasteiger partial charge in [0.15, 0.2) is 0 Å². The van der Waals surface area contributed by atoms with Gasteiger partial charge >= 0.3 is 6.18 Å². The molecule has 0 aliphatic rings. The van der Waals surface area contributed by atoms with E-state index in [1.165, 1.54) is 42.1 Å². The third-order valence-electron chi connectivity index (χ3n) is 4.48. The van der Waals surface area contributed by atoms with Gasteiger partial charge in [0.1, 0.15) is 6.04 Å². The van der Waals surface area contributed by atoms with E-state index in [0.29, 0.717) is 22.8 Å². The van der Waals surface area contributed by atoms with Crippen LogP contribution in [0.2, 0.25) is 10.0 Å². The number of carbonyl (C=O) groups is 2. The minimum atomic E-state index is -4.48. The second-order valence-corrected chi connectivity index (χ2v) is 8.61. The van der Waals surface area contributed by atoms with Crippen molar-refractivity contribution in [1.82, 2.24) is 10.6 Å². The molecule has 0 saturated carbocycles. The van der Waals surface area contributed by atoms with E-state index >= 15 is 0 Å². The van der Waals surface area contributed by atoms with Crippen LogP contribution in [0.5, 0.6) is 0 Å². The van der Waals surface area contributed by atoms with E-state index in [-0.39, 0.29) is 10.6 Å². The normalized spacial score (nSPS) is 13.4. The van der Waals surface area contributed by atoms with Crippen LogP contribution in [0.3, 0.4) is 0 Å². The Bertz CT molecular complexity index is 941. The highest BCUT2D eigenvalue weighted by Gasteiger charge is 2.31. The van der Waals surface area contributed by atoms with Crippen molar-refractivity contribution in [3.8, 4) is 0 Å². The molecule has 4 nitrogen and oxygen atoms in total. The molecule has 0 fully saturated rings. The van der Waals surface area contributed by atoms with Crippen LogP contribution in [-0.2, 0) is 11.0 Å². The third kappa shape index (κ3) is 7.33. The van der Waals surface area contributed by atoms with Crippen molar-refractivity contribution in [3.63, 3.8) is 0 Å². The topological polar surface area (TPSA) is 58.2 Å². The summed E-state index contributed by atoms with van der Waals surface area (Å²) in [5, 5.41) is 5.84. The van der Waals surface area contributed by atoms with Crippen LogP contribution in [0.25, 0.3) is 0 Å². The Kier molecular flexibility index (Phi) is 9.09.